The highest BCUT2D eigenvalue weighted by atomic mass is 14.2. The topological polar surface area (TPSA) is 0 Å². The van der Waals surface area contributed by atoms with Gasteiger partial charge in [0.05, 0.1) is 4.11 Å². The fraction of sp³-hybridized carbons (Fsp3) is 0.500. The van der Waals surface area contributed by atoms with Crippen LogP contribution in [0.4, 0.5) is 0 Å². The van der Waals surface area contributed by atoms with E-state index in [0.717, 1.165) is 0 Å². The first kappa shape index (κ1) is 3.17. The first-order valence-electron chi connectivity index (χ1n) is 7.90. The van der Waals surface area contributed by atoms with Gasteiger partial charge in [-0.15, -0.1) is 0 Å². The molecule has 0 aliphatic heterocycles. The van der Waals surface area contributed by atoms with Crippen molar-refractivity contribution in [3.05, 3.63) is 35.8 Å². The van der Waals surface area contributed by atoms with Gasteiger partial charge in [-0.1, -0.05) is 49.5 Å². The fourth-order valence-electron chi connectivity index (χ4n) is 1.36. The van der Waals surface area contributed by atoms with Crippen molar-refractivity contribution in [2.24, 2.45) is 0 Å². The lowest BCUT2D eigenvalue weighted by Gasteiger charge is -2.21. The van der Waals surface area contributed by atoms with Gasteiger partial charge in [-0.25, -0.2) is 0 Å². The summed E-state index contributed by atoms with van der Waals surface area (Å²) in [6.45, 7) is 0. The molecule has 0 nitrogen and oxygen atoms in total. The summed E-state index contributed by atoms with van der Waals surface area (Å²) in [5.41, 5.74) is 0.576. The van der Waals surface area contributed by atoms with Crippen molar-refractivity contribution < 1.29 is 9.60 Å². The molecule has 1 aromatic rings. The van der Waals surface area contributed by atoms with Gasteiger partial charge in [0.2, 0.25) is 0 Å². The van der Waals surface area contributed by atoms with Crippen LogP contribution >= 0.6 is 0 Å². The summed E-state index contributed by atoms with van der Waals surface area (Å²) in [5, 5.41) is 0. The minimum Gasteiger partial charge on any atom is -0.0622 e. The summed E-state index contributed by atoms with van der Waals surface area (Å²) in [6, 6.07) is 2.63. The molecule has 0 spiro atoms. The zero-order valence-electron chi connectivity index (χ0n) is 13.7. The Morgan fingerprint density at radius 3 is 2.83 bits per heavy atom. The molecular formula is C12H16. The third-order valence-electron chi connectivity index (χ3n) is 2.03. The van der Waals surface area contributed by atoms with E-state index in [1.165, 1.54) is 12.1 Å². The molecule has 0 saturated heterocycles. The third-order valence-corrected chi connectivity index (χ3v) is 2.03. The van der Waals surface area contributed by atoms with Crippen LogP contribution in [0.1, 0.15) is 53.1 Å². The summed E-state index contributed by atoms with van der Waals surface area (Å²) >= 11 is 0. The predicted molar refractivity (Wildman–Crippen MR) is 52.3 cm³/mol. The van der Waals surface area contributed by atoms with Crippen LogP contribution in [-0.4, -0.2) is 0 Å². The molecule has 0 N–H and O–H groups in total. The van der Waals surface area contributed by atoms with Crippen LogP contribution in [0.3, 0.4) is 0 Å². The van der Waals surface area contributed by atoms with Crippen LogP contribution in [0.5, 0.6) is 0 Å². The Balaban J connectivity index is 2.36. The second-order valence-electron chi connectivity index (χ2n) is 2.86. The van der Waals surface area contributed by atoms with Crippen molar-refractivity contribution in [2.75, 3.05) is 0 Å². The smallest absolute Gasteiger partial charge is 0.0622 e. The molecule has 0 radical (unpaired) electrons. The maximum Gasteiger partial charge on any atom is 0.0623 e. The van der Waals surface area contributed by atoms with Gasteiger partial charge in [0.25, 0.3) is 0 Å². The monoisotopic (exact) mass is 167 g/mol. The normalized spacial score (nSPS) is 56.7. The van der Waals surface area contributed by atoms with Crippen LogP contribution in [0.2, 0.25) is 0 Å². The summed E-state index contributed by atoms with van der Waals surface area (Å²) in [5.74, 6) is -0.402. The zero-order valence-corrected chi connectivity index (χ0v) is 6.75. The largest absolute Gasteiger partial charge is 0.0623 e. The van der Waals surface area contributed by atoms with Gasteiger partial charge in [-0.2, -0.15) is 0 Å². The molecule has 5 unspecified atom stereocenters. The second-order valence-corrected chi connectivity index (χ2v) is 2.86. The Morgan fingerprint density at radius 1 is 1.17 bits per heavy atom. The second kappa shape index (κ2) is 3.75. The Kier molecular flexibility index (Phi) is 0.991. The minimum absolute atomic E-state index is 0.0641. The molecular weight excluding hydrogens is 144 g/mol. The van der Waals surface area contributed by atoms with Gasteiger partial charge >= 0.3 is 0 Å². The van der Waals surface area contributed by atoms with E-state index >= 15 is 0 Å². The molecule has 0 bridgehead atoms. The molecule has 1 fully saturated rings. The molecule has 0 amide bonds. The van der Waals surface area contributed by atoms with Crippen molar-refractivity contribution in [3.63, 3.8) is 0 Å². The third kappa shape index (κ3) is 1.69. The summed E-state index contributed by atoms with van der Waals surface area (Å²) in [4.78, 5) is 0. The van der Waals surface area contributed by atoms with Gasteiger partial charge in [-0.05, 0) is 24.3 Å². The molecule has 1 saturated carbocycles. The van der Waals surface area contributed by atoms with Gasteiger partial charge in [0.15, 0.2) is 0 Å². The summed E-state index contributed by atoms with van der Waals surface area (Å²) < 4.78 is 54.1. The molecule has 1 aliphatic carbocycles. The Morgan fingerprint density at radius 2 is 2.00 bits per heavy atom. The summed E-state index contributed by atoms with van der Waals surface area (Å²) in [7, 11) is 0. The number of rotatable bonds is 1. The van der Waals surface area contributed by atoms with E-state index in [9.17, 15) is 0 Å². The molecule has 2 rings (SSSR count). The van der Waals surface area contributed by atoms with Crippen molar-refractivity contribution in [2.45, 2.75) is 37.9 Å². The van der Waals surface area contributed by atoms with Crippen molar-refractivity contribution in [3.8, 4) is 0 Å². The van der Waals surface area contributed by atoms with Gasteiger partial charge in [0, 0.05) is 5.48 Å². The maximum absolute atomic E-state index is 8.03. The molecule has 0 aromatic heterocycles. The molecule has 0 heteroatoms. The molecule has 64 valence electrons. The first-order valence-corrected chi connectivity index (χ1v) is 4.09. The lowest BCUT2D eigenvalue weighted by Crippen LogP contribution is -2.03. The van der Waals surface area contributed by atoms with Crippen molar-refractivity contribution in [1.82, 2.24) is 0 Å². The molecule has 0 heterocycles. The highest BCUT2D eigenvalue weighted by molar-refractivity contribution is 5.19. The Labute approximate surface area is 84.5 Å². The van der Waals surface area contributed by atoms with Gasteiger partial charge in [-0.3, -0.25) is 0 Å². The Hall–Kier alpha value is -0.780. The van der Waals surface area contributed by atoms with Crippen molar-refractivity contribution >= 4 is 0 Å². The quantitative estimate of drug-likeness (QED) is 0.598. The average molecular weight is 167 g/mol. The van der Waals surface area contributed by atoms with E-state index in [4.69, 9.17) is 9.60 Å². The lowest BCUT2D eigenvalue weighted by atomic mass is 9.84. The highest BCUT2D eigenvalue weighted by Gasteiger charge is 2.14. The molecule has 1 aromatic carbocycles. The SMILES string of the molecule is [2H]c1cc(C2CC([2H])C([2H])C([2H])C2[2H])cc([2H])c1[2H]. The van der Waals surface area contributed by atoms with E-state index in [2.05, 4.69) is 0 Å². The van der Waals surface area contributed by atoms with Crippen molar-refractivity contribution in [1.29, 1.82) is 0 Å². The average Bonchev–Trinajstić information content (AvgIpc) is 2.37. The highest BCUT2D eigenvalue weighted by Crippen LogP contribution is 2.31. The van der Waals surface area contributed by atoms with E-state index in [1.54, 1.807) is 0 Å². The Bertz CT molecular complexity index is 452. The summed E-state index contributed by atoms with van der Waals surface area (Å²) in [6.07, 6.45) is -3.05. The van der Waals surface area contributed by atoms with Crippen LogP contribution in [0.25, 0.3) is 0 Å². The molecule has 1 aliphatic rings. The first-order chi connectivity index (χ1) is 8.82. The van der Waals surface area contributed by atoms with E-state index in [-0.39, 0.29) is 18.1 Å². The van der Waals surface area contributed by atoms with Crippen LogP contribution in [0, 0.1) is 0 Å². The molecule has 5 atom stereocenters. The van der Waals surface area contributed by atoms with Crippen LogP contribution in [-0.2, 0) is 0 Å². The lowest BCUT2D eigenvalue weighted by molar-refractivity contribution is 0.443. The number of hydrogen-bond donors (Lipinski definition) is 0. The van der Waals surface area contributed by atoms with Crippen LogP contribution in [0.15, 0.2) is 30.3 Å². The fourth-order valence-corrected chi connectivity index (χ4v) is 1.36. The van der Waals surface area contributed by atoms with E-state index in [0.29, 0.717) is 12.0 Å². The van der Waals surface area contributed by atoms with Crippen LogP contribution < -0.4 is 0 Å². The van der Waals surface area contributed by atoms with Gasteiger partial charge in [0.1, 0.15) is 0 Å². The van der Waals surface area contributed by atoms with E-state index in [1.807, 2.05) is 0 Å². The standard InChI is InChI=1S/C12H16/c1-3-7-11(8-4-1)12-9-5-2-6-10-12/h1,3-4,7-8,12H,2,5-6,9-10H2/i1D,2D,3D,4D,5D,6D,9D. The zero-order chi connectivity index (χ0) is 14.3. The van der Waals surface area contributed by atoms with E-state index < -0.39 is 31.5 Å². The maximum atomic E-state index is 8.03. The number of benzene rings is 1. The van der Waals surface area contributed by atoms with Gasteiger partial charge < -0.3 is 0 Å². The number of hydrogen-bond acceptors (Lipinski definition) is 0. The molecule has 12 heavy (non-hydrogen) atoms. The minimum atomic E-state index is -0.944. The predicted octanol–water partition coefficient (Wildman–Crippen LogP) is 3.73.